The zero-order valence-corrected chi connectivity index (χ0v) is 14.8. The fourth-order valence-electron chi connectivity index (χ4n) is 3.16. The summed E-state index contributed by atoms with van der Waals surface area (Å²) in [5, 5.41) is 2.32. The topological polar surface area (TPSA) is 55.4 Å². The Kier molecular flexibility index (Phi) is 5.35. The minimum absolute atomic E-state index is 0.0103. The molecule has 1 saturated carbocycles. The third kappa shape index (κ3) is 4.16. The molecule has 8 heteroatoms. The molecule has 0 heterocycles. The van der Waals surface area contributed by atoms with Crippen LogP contribution in [0.2, 0.25) is 0 Å². The zero-order valence-electron chi connectivity index (χ0n) is 14.8. The Morgan fingerprint density at radius 2 is 1.85 bits per heavy atom. The molecule has 1 aliphatic carbocycles. The van der Waals surface area contributed by atoms with Gasteiger partial charge < -0.3 is 10.1 Å². The summed E-state index contributed by atoms with van der Waals surface area (Å²) in [6, 6.07) is 2.81. The molecule has 0 aliphatic heterocycles. The van der Waals surface area contributed by atoms with E-state index in [0.717, 1.165) is 12.1 Å². The van der Waals surface area contributed by atoms with Crippen LogP contribution in [0.15, 0.2) is 18.2 Å². The number of benzene rings is 1. The number of carbonyl (C=O) groups excluding carboxylic acids is 2. The molecular weight excluding hydrogens is 354 g/mol. The number of rotatable bonds is 2. The van der Waals surface area contributed by atoms with E-state index < -0.39 is 46.1 Å². The van der Waals surface area contributed by atoms with E-state index in [1.807, 2.05) is 0 Å². The Morgan fingerprint density at radius 3 is 2.38 bits per heavy atom. The van der Waals surface area contributed by atoms with Crippen molar-refractivity contribution in [2.75, 3.05) is 0 Å². The molecular formula is C18H21F4NO3. The Bertz CT molecular complexity index is 709. The average Bonchev–Trinajstić information content (AvgIpc) is 2.46. The van der Waals surface area contributed by atoms with E-state index in [0.29, 0.717) is 18.9 Å². The van der Waals surface area contributed by atoms with Crippen molar-refractivity contribution < 1.29 is 31.9 Å². The number of Topliss-reactive ketones (excluding diaryl/α,β-unsaturated/α-hetero) is 1. The van der Waals surface area contributed by atoms with Gasteiger partial charge in [0, 0.05) is 12.0 Å². The minimum atomic E-state index is -5.01. The third-order valence-electron chi connectivity index (χ3n) is 4.15. The molecule has 1 aliphatic rings. The van der Waals surface area contributed by atoms with Gasteiger partial charge in [0.2, 0.25) is 0 Å². The third-order valence-corrected chi connectivity index (χ3v) is 4.15. The van der Waals surface area contributed by atoms with Crippen LogP contribution in [-0.2, 0) is 21.2 Å². The van der Waals surface area contributed by atoms with Gasteiger partial charge in [-0.25, -0.2) is 9.18 Å². The first-order chi connectivity index (χ1) is 11.9. The standard InChI is InChI=1S/C18H21F4NO3/c1-16(2,3)26-15(25)23-17(10-5-4-9-13(17)24)11-7-6-8-12(19)14(11)18(20,21)22/h6-8H,4-5,9-10H2,1-3H3,(H,23,25). The van der Waals surface area contributed by atoms with E-state index in [1.54, 1.807) is 20.8 Å². The quantitative estimate of drug-likeness (QED) is 0.762. The van der Waals surface area contributed by atoms with Crippen LogP contribution in [-0.4, -0.2) is 17.5 Å². The second kappa shape index (κ2) is 6.89. The van der Waals surface area contributed by atoms with Gasteiger partial charge in [-0.3, -0.25) is 4.79 Å². The Labute approximate surface area is 148 Å². The zero-order chi connectivity index (χ0) is 19.8. The summed E-state index contributed by atoms with van der Waals surface area (Å²) in [5.41, 5.74) is -4.99. The maximum atomic E-state index is 14.0. The van der Waals surface area contributed by atoms with E-state index >= 15 is 0 Å². The van der Waals surface area contributed by atoms with Crippen molar-refractivity contribution in [2.24, 2.45) is 0 Å². The Hall–Kier alpha value is -2.12. The monoisotopic (exact) mass is 375 g/mol. The molecule has 1 amide bonds. The van der Waals surface area contributed by atoms with Crippen molar-refractivity contribution in [3.8, 4) is 0 Å². The first kappa shape index (κ1) is 20.2. The lowest BCUT2D eigenvalue weighted by Gasteiger charge is -2.38. The van der Waals surface area contributed by atoms with E-state index in [2.05, 4.69) is 5.32 Å². The summed E-state index contributed by atoms with van der Waals surface area (Å²) in [5.74, 6) is -2.08. The second-order valence-electron chi connectivity index (χ2n) is 7.32. The van der Waals surface area contributed by atoms with Gasteiger partial charge in [-0.15, -0.1) is 0 Å². The molecule has 0 bridgehead atoms. The molecule has 1 fully saturated rings. The van der Waals surface area contributed by atoms with Gasteiger partial charge in [-0.1, -0.05) is 12.1 Å². The highest BCUT2D eigenvalue weighted by molar-refractivity contribution is 5.93. The molecule has 26 heavy (non-hydrogen) atoms. The van der Waals surface area contributed by atoms with Crippen LogP contribution in [0.3, 0.4) is 0 Å². The highest BCUT2D eigenvalue weighted by Crippen LogP contribution is 2.43. The van der Waals surface area contributed by atoms with Crippen molar-refractivity contribution in [1.82, 2.24) is 5.32 Å². The van der Waals surface area contributed by atoms with Crippen molar-refractivity contribution in [3.05, 3.63) is 35.1 Å². The number of alkyl halides is 3. The van der Waals surface area contributed by atoms with E-state index in [9.17, 15) is 27.2 Å². The van der Waals surface area contributed by atoms with Gasteiger partial charge in [-0.05, 0) is 46.1 Å². The second-order valence-corrected chi connectivity index (χ2v) is 7.32. The van der Waals surface area contributed by atoms with Crippen LogP contribution in [0.1, 0.15) is 57.6 Å². The van der Waals surface area contributed by atoms with Gasteiger partial charge in [0.25, 0.3) is 0 Å². The predicted molar refractivity (Wildman–Crippen MR) is 85.9 cm³/mol. The van der Waals surface area contributed by atoms with Gasteiger partial charge in [0.05, 0.1) is 5.56 Å². The smallest absolute Gasteiger partial charge is 0.419 e. The average molecular weight is 375 g/mol. The molecule has 0 aromatic heterocycles. The van der Waals surface area contributed by atoms with Gasteiger partial charge >= 0.3 is 12.3 Å². The van der Waals surface area contributed by atoms with Gasteiger partial charge in [0.15, 0.2) is 5.78 Å². The number of carbonyl (C=O) groups is 2. The lowest BCUT2D eigenvalue weighted by Crippen LogP contribution is -2.55. The van der Waals surface area contributed by atoms with Crippen LogP contribution < -0.4 is 5.32 Å². The minimum Gasteiger partial charge on any atom is -0.444 e. The number of halogens is 4. The maximum Gasteiger partial charge on any atom is 0.419 e. The normalized spacial score (nSPS) is 21.4. The lowest BCUT2D eigenvalue weighted by molar-refractivity contribution is -0.142. The van der Waals surface area contributed by atoms with Crippen LogP contribution in [0, 0.1) is 5.82 Å². The number of hydrogen-bond donors (Lipinski definition) is 1. The number of hydrogen-bond acceptors (Lipinski definition) is 3. The largest absolute Gasteiger partial charge is 0.444 e. The van der Waals surface area contributed by atoms with Crippen LogP contribution in [0.4, 0.5) is 22.4 Å². The molecule has 0 radical (unpaired) electrons. The van der Waals surface area contributed by atoms with Crippen molar-refractivity contribution in [1.29, 1.82) is 0 Å². The highest BCUT2D eigenvalue weighted by Gasteiger charge is 2.49. The highest BCUT2D eigenvalue weighted by atomic mass is 19.4. The Balaban J connectivity index is 2.59. The van der Waals surface area contributed by atoms with Crippen LogP contribution in [0.25, 0.3) is 0 Å². The molecule has 1 aromatic rings. The van der Waals surface area contributed by atoms with Crippen LogP contribution >= 0.6 is 0 Å². The molecule has 4 nitrogen and oxygen atoms in total. The number of ketones is 1. The molecule has 144 valence electrons. The number of ether oxygens (including phenoxy) is 1. The fraction of sp³-hybridized carbons (Fsp3) is 0.556. The fourth-order valence-corrected chi connectivity index (χ4v) is 3.16. The summed E-state index contributed by atoms with van der Waals surface area (Å²) in [6.07, 6.45) is -5.20. The predicted octanol–water partition coefficient (Wildman–Crippen LogP) is 4.71. The van der Waals surface area contributed by atoms with Crippen molar-refractivity contribution in [2.45, 2.75) is 63.8 Å². The summed E-state index contributed by atoms with van der Waals surface area (Å²) in [4.78, 5) is 24.9. The molecule has 1 N–H and O–H groups in total. The first-order valence-electron chi connectivity index (χ1n) is 8.27. The molecule has 1 unspecified atom stereocenters. The van der Waals surface area contributed by atoms with E-state index in [1.165, 1.54) is 0 Å². The summed E-state index contributed by atoms with van der Waals surface area (Å²) >= 11 is 0. The molecule has 0 spiro atoms. The number of nitrogens with one attached hydrogen (secondary N) is 1. The molecule has 0 saturated heterocycles. The molecule has 1 atom stereocenters. The summed E-state index contributed by atoms with van der Waals surface area (Å²) in [7, 11) is 0. The Morgan fingerprint density at radius 1 is 1.19 bits per heavy atom. The summed E-state index contributed by atoms with van der Waals surface area (Å²) < 4.78 is 59.6. The lowest BCUT2D eigenvalue weighted by atomic mass is 9.73. The first-order valence-corrected chi connectivity index (χ1v) is 8.27. The number of alkyl carbamates (subject to hydrolysis) is 1. The SMILES string of the molecule is CC(C)(C)OC(=O)NC1(c2cccc(F)c2C(F)(F)F)CCCCC1=O. The van der Waals surface area contributed by atoms with Gasteiger partial charge in [-0.2, -0.15) is 13.2 Å². The van der Waals surface area contributed by atoms with E-state index in [-0.39, 0.29) is 12.8 Å². The van der Waals surface area contributed by atoms with Crippen molar-refractivity contribution in [3.63, 3.8) is 0 Å². The maximum absolute atomic E-state index is 14.0. The number of amides is 1. The van der Waals surface area contributed by atoms with Crippen LogP contribution in [0.5, 0.6) is 0 Å². The summed E-state index contributed by atoms with van der Waals surface area (Å²) in [6.45, 7) is 4.77. The molecule has 2 rings (SSSR count). The van der Waals surface area contributed by atoms with Crippen molar-refractivity contribution >= 4 is 11.9 Å². The van der Waals surface area contributed by atoms with Gasteiger partial charge in [0.1, 0.15) is 17.0 Å². The van der Waals surface area contributed by atoms with E-state index in [4.69, 9.17) is 4.74 Å². The molecule has 1 aromatic carbocycles.